The largest absolute Gasteiger partial charge is 0.457 e. The lowest BCUT2D eigenvalue weighted by molar-refractivity contribution is -0.137. The average Bonchev–Trinajstić information content (AvgIpc) is 3.25. The highest BCUT2D eigenvalue weighted by atomic mass is 35.5. The number of hydrogen-bond donors (Lipinski definition) is 2. The van der Waals surface area contributed by atoms with Crippen LogP contribution in [0.4, 0.5) is 19.0 Å². The average molecular weight is 404 g/mol. The summed E-state index contributed by atoms with van der Waals surface area (Å²) in [6, 6.07) is 9.49. The zero-order valence-electron chi connectivity index (χ0n) is 13.8. The number of furan rings is 1. The van der Waals surface area contributed by atoms with Gasteiger partial charge in [0.2, 0.25) is 0 Å². The fourth-order valence-corrected chi connectivity index (χ4v) is 2.64. The standard InChI is InChI=1S/C18H9ClF3N5O/c19-14-3-1-10(18(20,21)22)6-12(14)15-4-2-11(28-15)5-9(7-23)16-13(8-24)17(25)27-26-16/h1-6H,(H3,25,26,27)/b9-5+. The maximum atomic E-state index is 12.9. The zero-order valence-corrected chi connectivity index (χ0v) is 14.6. The number of nitrogens with zero attached hydrogens (tertiary/aromatic N) is 3. The predicted molar refractivity (Wildman–Crippen MR) is 95.4 cm³/mol. The number of nitrogens with one attached hydrogen (secondary N) is 1. The number of aromatic amines is 1. The molecule has 0 bridgehead atoms. The minimum atomic E-state index is -4.53. The molecule has 0 aliphatic heterocycles. The van der Waals surface area contributed by atoms with Gasteiger partial charge >= 0.3 is 6.18 Å². The van der Waals surface area contributed by atoms with Crippen molar-refractivity contribution in [3.05, 3.63) is 57.9 Å². The van der Waals surface area contributed by atoms with Gasteiger partial charge in [0, 0.05) is 11.6 Å². The molecule has 3 aromatic rings. The highest BCUT2D eigenvalue weighted by molar-refractivity contribution is 6.33. The topological polar surface area (TPSA) is 115 Å². The second-order valence-corrected chi connectivity index (χ2v) is 5.94. The maximum Gasteiger partial charge on any atom is 0.416 e. The molecule has 0 aliphatic rings. The monoisotopic (exact) mass is 403 g/mol. The van der Waals surface area contributed by atoms with Crippen LogP contribution in [0.25, 0.3) is 23.0 Å². The van der Waals surface area contributed by atoms with Crippen LogP contribution in [0.2, 0.25) is 5.02 Å². The van der Waals surface area contributed by atoms with E-state index in [1.807, 2.05) is 12.1 Å². The van der Waals surface area contributed by atoms with Crippen molar-refractivity contribution in [3.8, 4) is 23.5 Å². The quantitative estimate of drug-likeness (QED) is 0.606. The smallest absolute Gasteiger partial charge is 0.416 e. The number of nitrogens with two attached hydrogens (primary N) is 1. The number of H-pyrrole nitrogens is 1. The number of rotatable bonds is 3. The summed E-state index contributed by atoms with van der Waals surface area (Å²) in [5.74, 6) is 0.191. The van der Waals surface area contributed by atoms with Crippen molar-refractivity contribution >= 4 is 29.1 Å². The molecule has 3 rings (SSSR count). The Kier molecular flexibility index (Phi) is 4.87. The first-order valence-corrected chi connectivity index (χ1v) is 7.95. The Morgan fingerprint density at radius 3 is 2.64 bits per heavy atom. The highest BCUT2D eigenvalue weighted by Gasteiger charge is 2.31. The minimum absolute atomic E-state index is 0.000465. The van der Waals surface area contributed by atoms with Gasteiger partial charge < -0.3 is 10.2 Å². The lowest BCUT2D eigenvalue weighted by atomic mass is 10.1. The van der Waals surface area contributed by atoms with Gasteiger partial charge in [-0.05, 0) is 30.3 Å². The summed E-state index contributed by atoms with van der Waals surface area (Å²) in [5.41, 5.74) is 4.86. The SMILES string of the molecule is N#C/C(=C\c1ccc(-c2cc(C(F)(F)F)ccc2Cl)o1)c1[nH]nc(N)c1C#N. The molecule has 3 N–H and O–H groups in total. The van der Waals surface area contributed by atoms with Gasteiger partial charge in [-0.3, -0.25) is 5.10 Å². The third kappa shape index (κ3) is 3.56. The highest BCUT2D eigenvalue weighted by Crippen LogP contribution is 2.37. The van der Waals surface area contributed by atoms with Crippen LogP contribution in [-0.4, -0.2) is 10.2 Å². The zero-order chi connectivity index (χ0) is 20.5. The molecule has 0 aliphatic carbocycles. The molecule has 0 saturated heterocycles. The molecule has 1 aromatic carbocycles. The number of anilines is 1. The molecule has 0 amide bonds. The maximum absolute atomic E-state index is 12.9. The summed E-state index contributed by atoms with van der Waals surface area (Å²) in [5, 5.41) is 24.7. The van der Waals surface area contributed by atoms with E-state index in [9.17, 15) is 18.4 Å². The lowest BCUT2D eigenvalue weighted by Gasteiger charge is -2.09. The van der Waals surface area contributed by atoms with Crippen molar-refractivity contribution in [1.29, 1.82) is 10.5 Å². The Morgan fingerprint density at radius 1 is 1.25 bits per heavy atom. The van der Waals surface area contributed by atoms with E-state index in [1.165, 1.54) is 18.2 Å². The molecule has 2 heterocycles. The number of hydrogen-bond acceptors (Lipinski definition) is 5. The van der Waals surface area contributed by atoms with Crippen LogP contribution in [0.5, 0.6) is 0 Å². The normalized spacial score (nSPS) is 11.9. The van der Waals surface area contributed by atoms with E-state index >= 15 is 0 Å². The van der Waals surface area contributed by atoms with E-state index in [0.717, 1.165) is 18.2 Å². The molecule has 0 atom stereocenters. The van der Waals surface area contributed by atoms with E-state index in [0.29, 0.717) is 0 Å². The first-order valence-electron chi connectivity index (χ1n) is 7.57. The third-order valence-corrected chi connectivity index (χ3v) is 4.10. The van der Waals surface area contributed by atoms with Crippen molar-refractivity contribution in [2.75, 3.05) is 5.73 Å². The lowest BCUT2D eigenvalue weighted by Crippen LogP contribution is -2.04. The van der Waals surface area contributed by atoms with Crippen molar-refractivity contribution in [1.82, 2.24) is 10.2 Å². The number of nitriles is 2. The number of nitrogen functional groups attached to an aromatic ring is 1. The fraction of sp³-hybridized carbons (Fsp3) is 0.0556. The van der Waals surface area contributed by atoms with Gasteiger partial charge in [-0.15, -0.1) is 0 Å². The molecular formula is C18H9ClF3N5O. The Hall–Kier alpha value is -3.69. The fourth-order valence-electron chi connectivity index (χ4n) is 2.43. The molecule has 10 heteroatoms. The van der Waals surface area contributed by atoms with Crippen molar-refractivity contribution in [2.24, 2.45) is 0 Å². The van der Waals surface area contributed by atoms with Crippen molar-refractivity contribution < 1.29 is 17.6 Å². The number of alkyl halides is 3. The van der Waals surface area contributed by atoms with Gasteiger partial charge in [0.15, 0.2) is 5.82 Å². The number of benzene rings is 1. The molecule has 2 aromatic heterocycles. The van der Waals surface area contributed by atoms with Gasteiger partial charge in [-0.25, -0.2) is 0 Å². The Morgan fingerprint density at radius 2 is 2.00 bits per heavy atom. The molecule has 0 unspecified atom stereocenters. The summed E-state index contributed by atoms with van der Waals surface area (Å²) in [6.07, 6.45) is -3.23. The van der Waals surface area contributed by atoms with Gasteiger partial charge in [0.05, 0.1) is 21.9 Å². The van der Waals surface area contributed by atoms with Crippen LogP contribution in [-0.2, 0) is 6.18 Å². The van der Waals surface area contributed by atoms with E-state index in [4.69, 9.17) is 27.0 Å². The summed E-state index contributed by atoms with van der Waals surface area (Å²) in [4.78, 5) is 0. The van der Waals surface area contributed by atoms with Crippen LogP contribution in [0.15, 0.2) is 34.7 Å². The molecule has 0 saturated carbocycles. The van der Waals surface area contributed by atoms with Crippen LogP contribution in [0.3, 0.4) is 0 Å². The van der Waals surface area contributed by atoms with Crippen LogP contribution >= 0.6 is 11.6 Å². The summed E-state index contributed by atoms with van der Waals surface area (Å²) >= 11 is 6.00. The molecule has 28 heavy (non-hydrogen) atoms. The Balaban J connectivity index is 2.02. The van der Waals surface area contributed by atoms with Crippen molar-refractivity contribution in [2.45, 2.75) is 6.18 Å². The van der Waals surface area contributed by atoms with Gasteiger partial charge in [-0.1, -0.05) is 11.6 Å². The molecule has 0 spiro atoms. The summed E-state index contributed by atoms with van der Waals surface area (Å²) < 4.78 is 44.3. The van der Waals surface area contributed by atoms with E-state index < -0.39 is 11.7 Å². The van der Waals surface area contributed by atoms with Crippen molar-refractivity contribution in [3.63, 3.8) is 0 Å². The molecule has 140 valence electrons. The van der Waals surface area contributed by atoms with Gasteiger partial charge in [-0.2, -0.15) is 28.8 Å². The second-order valence-electron chi connectivity index (χ2n) is 5.53. The minimum Gasteiger partial charge on any atom is -0.457 e. The van der Waals surface area contributed by atoms with E-state index in [1.54, 1.807) is 0 Å². The number of aromatic nitrogens is 2. The Labute approximate surface area is 161 Å². The molecule has 0 radical (unpaired) electrons. The summed E-state index contributed by atoms with van der Waals surface area (Å²) in [6.45, 7) is 0. The second kappa shape index (κ2) is 7.14. The van der Waals surface area contributed by atoms with E-state index in [2.05, 4.69) is 10.2 Å². The first-order chi connectivity index (χ1) is 13.2. The van der Waals surface area contributed by atoms with Crippen LogP contribution < -0.4 is 5.73 Å². The third-order valence-electron chi connectivity index (χ3n) is 3.77. The van der Waals surface area contributed by atoms with Crippen LogP contribution in [0.1, 0.15) is 22.6 Å². The van der Waals surface area contributed by atoms with Gasteiger partial charge in [0.1, 0.15) is 29.2 Å². The summed E-state index contributed by atoms with van der Waals surface area (Å²) in [7, 11) is 0. The van der Waals surface area contributed by atoms with Crippen LogP contribution in [0, 0.1) is 22.7 Å². The molecular weight excluding hydrogens is 395 g/mol. The van der Waals surface area contributed by atoms with Gasteiger partial charge in [0.25, 0.3) is 0 Å². The number of halogens is 4. The first kappa shape index (κ1) is 19.1. The molecule has 0 fully saturated rings. The predicted octanol–water partition coefficient (Wildman–Crippen LogP) is 4.86. The Bertz CT molecular complexity index is 1160. The molecule has 6 nitrogen and oxygen atoms in total. The number of allylic oxidation sites excluding steroid dienone is 1. The van der Waals surface area contributed by atoms with E-state index in [-0.39, 0.29) is 44.8 Å².